The number of hydrogen-bond donors (Lipinski definition) is 1. The molecule has 3 aromatic rings. The third-order valence-electron chi connectivity index (χ3n) is 6.87. The molecule has 3 aromatic carbocycles. The van der Waals surface area contributed by atoms with Crippen LogP contribution in [0, 0.1) is 10.1 Å². The molecule has 2 amide bonds. The van der Waals surface area contributed by atoms with Gasteiger partial charge in [-0.3, -0.25) is 19.7 Å². The number of amides is 2. The molecule has 0 spiro atoms. The Bertz CT molecular complexity index is 1320. The van der Waals surface area contributed by atoms with Gasteiger partial charge in [0.15, 0.2) is 0 Å². The highest BCUT2D eigenvalue weighted by Crippen LogP contribution is 2.31. The third kappa shape index (κ3) is 5.45. The monoisotopic (exact) mass is 515 g/mol. The summed E-state index contributed by atoms with van der Waals surface area (Å²) in [7, 11) is 0. The number of nitro groups is 1. The molecule has 2 aliphatic heterocycles. The Balaban J connectivity index is 1.33. The predicted octanol–water partition coefficient (Wildman–Crippen LogP) is 3.65. The molecule has 2 heterocycles. The van der Waals surface area contributed by atoms with E-state index in [1.54, 1.807) is 6.07 Å². The van der Waals surface area contributed by atoms with Gasteiger partial charge in [-0.15, -0.1) is 0 Å². The lowest BCUT2D eigenvalue weighted by Gasteiger charge is -2.37. The van der Waals surface area contributed by atoms with E-state index in [1.807, 2.05) is 64.4 Å². The van der Waals surface area contributed by atoms with Crippen molar-refractivity contribution in [3.63, 3.8) is 0 Å². The van der Waals surface area contributed by atoms with Crippen molar-refractivity contribution < 1.29 is 19.2 Å². The molecule has 0 aromatic heterocycles. The van der Waals surface area contributed by atoms with Crippen LogP contribution in [0.25, 0.3) is 0 Å². The molecular weight excluding hydrogens is 486 g/mol. The molecule has 5 rings (SSSR count). The minimum atomic E-state index is -0.496. The van der Waals surface area contributed by atoms with Crippen molar-refractivity contribution in [2.24, 2.45) is 0 Å². The number of rotatable bonds is 6. The zero-order chi connectivity index (χ0) is 26.5. The van der Waals surface area contributed by atoms with Crippen LogP contribution in [-0.4, -0.2) is 74.1 Å². The van der Waals surface area contributed by atoms with Crippen molar-refractivity contribution >= 4 is 34.6 Å². The van der Waals surface area contributed by atoms with Crippen LogP contribution in [0.3, 0.4) is 0 Å². The van der Waals surface area contributed by atoms with Gasteiger partial charge in [0.25, 0.3) is 17.5 Å². The standard InChI is InChI=1S/C28H29N5O5/c34-27(23-20-22(33(36)37)10-11-25(23)31-16-18-38-19-17-31)29-24-8-4-5-9-26(24)30-12-14-32(15-13-30)28(35)21-6-2-1-3-7-21/h1-11,20H,12-19H2,(H,29,34). The number of morpholine rings is 1. The summed E-state index contributed by atoms with van der Waals surface area (Å²) in [6.45, 7) is 4.59. The number of ether oxygens (including phenoxy) is 1. The van der Waals surface area contributed by atoms with Gasteiger partial charge in [-0.1, -0.05) is 30.3 Å². The summed E-state index contributed by atoms with van der Waals surface area (Å²) in [5.74, 6) is -0.409. The maximum atomic E-state index is 13.5. The highest BCUT2D eigenvalue weighted by Gasteiger charge is 2.26. The average molecular weight is 516 g/mol. The van der Waals surface area contributed by atoms with Gasteiger partial charge in [-0.25, -0.2) is 0 Å². The number of non-ortho nitro benzene ring substituents is 1. The summed E-state index contributed by atoms with van der Waals surface area (Å²) in [6.07, 6.45) is 0. The smallest absolute Gasteiger partial charge is 0.270 e. The number of nitrogens with one attached hydrogen (secondary N) is 1. The lowest BCUT2D eigenvalue weighted by molar-refractivity contribution is -0.384. The summed E-state index contributed by atoms with van der Waals surface area (Å²) in [5.41, 5.74) is 2.86. The first kappa shape index (κ1) is 25.2. The quantitative estimate of drug-likeness (QED) is 0.394. The summed E-state index contributed by atoms with van der Waals surface area (Å²) in [5, 5.41) is 14.4. The van der Waals surface area contributed by atoms with Gasteiger partial charge < -0.3 is 24.8 Å². The van der Waals surface area contributed by atoms with Crippen LogP contribution < -0.4 is 15.1 Å². The Morgan fingerprint density at radius 3 is 2.16 bits per heavy atom. The van der Waals surface area contributed by atoms with Crippen LogP contribution in [0.2, 0.25) is 0 Å². The second-order valence-corrected chi connectivity index (χ2v) is 9.17. The molecule has 2 saturated heterocycles. The van der Waals surface area contributed by atoms with Crippen LogP contribution >= 0.6 is 0 Å². The van der Waals surface area contributed by atoms with Gasteiger partial charge in [-0.2, -0.15) is 0 Å². The number of anilines is 3. The fraction of sp³-hybridized carbons (Fsp3) is 0.286. The molecule has 10 heteroatoms. The lowest BCUT2D eigenvalue weighted by Crippen LogP contribution is -2.49. The molecule has 0 unspecified atom stereocenters. The Labute approximate surface area is 220 Å². The molecule has 196 valence electrons. The van der Waals surface area contributed by atoms with Crippen molar-refractivity contribution in [2.45, 2.75) is 0 Å². The Morgan fingerprint density at radius 2 is 1.45 bits per heavy atom. The zero-order valence-corrected chi connectivity index (χ0v) is 20.9. The molecule has 0 aliphatic carbocycles. The molecule has 0 atom stereocenters. The van der Waals surface area contributed by atoms with Crippen LogP contribution in [0.4, 0.5) is 22.7 Å². The van der Waals surface area contributed by atoms with Gasteiger partial charge >= 0.3 is 0 Å². The fourth-order valence-corrected chi connectivity index (χ4v) is 4.86. The topological polar surface area (TPSA) is 108 Å². The molecular formula is C28H29N5O5. The fourth-order valence-electron chi connectivity index (χ4n) is 4.86. The van der Waals surface area contributed by atoms with Crippen molar-refractivity contribution in [1.29, 1.82) is 0 Å². The Kier molecular flexibility index (Phi) is 7.50. The van der Waals surface area contributed by atoms with Crippen molar-refractivity contribution in [3.8, 4) is 0 Å². The van der Waals surface area contributed by atoms with Crippen LogP contribution in [0.5, 0.6) is 0 Å². The molecule has 2 aliphatic rings. The first-order valence-electron chi connectivity index (χ1n) is 12.6. The first-order valence-corrected chi connectivity index (χ1v) is 12.6. The lowest BCUT2D eigenvalue weighted by atomic mass is 10.1. The van der Waals surface area contributed by atoms with Gasteiger partial charge in [0, 0.05) is 57.0 Å². The molecule has 0 radical (unpaired) electrons. The van der Waals surface area contributed by atoms with Gasteiger partial charge in [0.2, 0.25) is 0 Å². The van der Waals surface area contributed by atoms with E-state index in [9.17, 15) is 19.7 Å². The minimum absolute atomic E-state index is 0.00755. The molecule has 2 fully saturated rings. The predicted molar refractivity (Wildman–Crippen MR) is 145 cm³/mol. The molecule has 0 saturated carbocycles. The van der Waals surface area contributed by atoms with E-state index in [0.717, 1.165) is 5.69 Å². The molecule has 10 nitrogen and oxygen atoms in total. The average Bonchev–Trinajstić information content (AvgIpc) is 2.97. The van der Waals surface area contributed by atoms with Crippen molar-refractivity contribution in [3.05, 3.63) is 94.0 Å². The zero-order valence-electron chi connectivity index (χ0n) is 20.9. The van der Waals surface area contributed by atoms with Gasteiger partial charge in [0.05, 0.1) is 40.8 Å². The van der Waals surface area contributed by atoms with Crippen LogP contribution in [0.15, 0.2) is 72.8 Å². The van der Waals surface area contributed by atoms with E-state index in [4.69, 9.17) is 4.74 Å². The third-order valence-corrected chi connectivity index (χ3v) is 6.87. The second kappa shape index (κ2) is 11.3. The van der Waals surface area contributed by atoms with E-state index in [1.165, 1.54) is 12.1 Å². The van der Waals surface area contributed by atoms with Crippen LogP contribution in [-0.2, 0) is 4.74 Å². The SMILES string of the molecule is O=C(Nc1ccccc1N1CCN(C(=O)c2ccccc2)CC1)c1cc([N+](=O)[O-])ccc1N1CCOCC1. The molecule has 1 N–H and O–H groups in total. The van der Waals surface area contributed by atoms with E-state index >= 15 is 0 Å². The Morgan fingerprint density at radius 1 is 0.789 bits per heavy atom. The van der Waals surface area contributed by atoms with Gasteiger partial charge in [0.1, 0.15) is 0 Å². The highest BCUT2D eigenvalue weighted by molar-refractivity contribution is 6.10. The number of piperazine rings is 1. The minimum Gasteiger partial charge on any atom is -0.378 e. The Hall–Kier alpha value is -4.44. The number of nitro benzene ring substituents is 1. The van der Waals surface area contributed by atoms with E-state index in [2.05, 4.69) is 10.2 Å². The van der Waals surface area contributed by atoms with Crippen molar-refractivity contribution in [2.75, 3.05) is 67.6 Å². The van der Waals surface area contributed by atoms with Crippen molar-refractivity contribution in [1.82, 2.24) is 4.90 Å². The molecule has 0 bridgehead atoms. The summed E-state index contributed by atoms with van der Waals surface area (Å²) in [6, 6.07) is 21.1. The largest absolute Gasteiger partial charge is 0.378 e. The number of para-hydroxylation sites is 2. The van der Waals surface area contributed by atoms with E-state index in [-0.39, 0.29) is 17.2 Å². The number of carbonyl (C=O) groups excluding carboxylic acids is 2. The van der Waals surface area contributed by atoms with Crippen LogP contribution in [0.1, 0.15) is 20.7 Å². The van der Waals surface area contributed by atoms with Gasteiger partial charge in [-0.05, 0) is 30.3 Å². The maximum absolute atomic E-state index is 13.5. The summed E-state index contributed by atoms with van der Waals surface area (Å²) < 4.78 is 5.43. The normalized spacial score (nSPS) is 15.7. The summed E-state index contributed by atoms with van der Waals surface area (Å²) in [4.78, 5) is 43.3. The highest BCUT2D eigenvalue weighted by atomic mass is 16.6. The number of hydrogen-bond acceptors (Lipinski definition) is 7. The summed E-state index contributed by atoms with van der Waals surface area (Å²) >= 11 is 0. The molecule has 38 heavy (non-hydrogen) atoms. The number of nitrogens with zero attached hydrogens (tertiary/aromatic N) is 4. The van der Waals surface area contributed by atoms with E-state index in [0.29, 0.717) is 69.4 Å². The number of carbonyl (C=O) groups is 2. The second-order valence-electron chi connectivity index (χ2n) is 9.17. The first-order chi connectivity index (χ1) is 18.5. The maximum Gasteiger partial charge on any atom is 0.270 e. The number of benzene rings is 3. The van der Waals surface area contributed by atoms with E-state index < -0.39 is 10.8 Å².